The molecule has 3 N–H and O–H groups in total. The normalized spacial score (nSPS) is 12.7. The molecule has 1 atom stereocenters. The molecule has 2 heterocycles. The summed E-state index contributed by atoms with van der Waals surface area (Å²) in [7, 11) is 1.85. The molecule has 0 saturated heterocycles. The van der Waals surface area contributed by atoms with Crippen LogP contribution in [-0.2, 0) is 7.05 Å². The number of hydrazine groups is 1. The summed E-state index contributed by atoms with van der Waals surface area (Å²) in [5.41, 5.74) is 3.61. The number of hydrogen-bond donors (Lipinski definition) is 2. The van der Waals surface area contributed by atoms with Crippen LogP contribution in [-0.4, -0.2) is 19.7 Å². The number of rotatable bonds is 3. The molecule has 0 amide bonds. The van der Waals surface area contributed by atoms with E-state index in [0.717, 1.165) is 5.56 Å². The van der Waals surface area contributed by atoms with Crippen LogP contribution in [0.15, 0.2) is 30.9 Å². The van der Waals surface area contributed by atoms with E-state index in [1.54, 1.807) is 29.3 Å². The topological polar surface area (TPSA) is 81.7 Å². The Morgan fingerprint density at radius 3 is 2.67 bits per heavy atom. The minimum atomic E-state index is -0.222. The summed E-state index contributed by atoms with van der Waals surface area (Å²) in [6.45, 7) is 0. The van der Waals surface area contributed by atoms with Crippen molar-refractivity contribution in [3.05, 3.63) is 42.2 Å². The van der Waals surface area contributed by atoms with Gasteiger partial charge in [-0.05, 0) is 6.07 Å². The molecule has 0 fully saturated rings. The maximum atomic E-state index is 5.48. The van der Waals surface area contributed by atoms with E-state index < -0.39 is 0 Å². The number of nitrogens with two attached hydrogens (primary N) is 1. The van der Waals surface area contributed by atoms with Crippen molar-refractivity contribution in [2.45, 2.75) is 6.04 Å². The Labute approximate surface area is 87.1 Å². The smallest absolute Gasteiger partial charge is 0.151 e. The van der Waals surface area contributed by atoms with E-state index in [4.69, 9.17) is 5.84 Å². The number of nitrogens with zero attached hydrogens (tertiary/aromatic N) is 4. The lowest BCUT2D eigenvalue weighted by Crippen LogP contribution is -2.29. The van der Waals surface area contributed by atoms with Gasteiger partial charge in [0.05, 0.1) is 6.20 Å². The van der Waals surface area contributed by atoms with Gasteiger partial charge in [0.1, 0.15) is 6.04 Å². The molecule has 0 bridgehead atoms. The maximum Gasteiger partial charge on any atom is 0.151 e. The lowest BCUT2D eigenvalue weighted by atomic mass is 10.1. The van der Waals surface area contributed by atoms with E-state index in [1.807, 2.05) is 13.2 Å². The lowest BCUT2D eigenvalue weighted by Gasteiger charge is -2.11. The zero-order valence-corrected chi connectivity index (χ0v) is 8.33. The largest absolute Gasteiger partial charge is 0.275 e. The molecule has 0 aliphatic carbocycles. The Balaban J connectivity index is 2.33. The molecule has 2 rings (SSSR count). The summed E-state index contributed by atoms with van der Waals surface area (Å²) in [5.74, 6) is 6.11. The van der Waals surface area contributed by atoms with E-state index in [1.165, 1.54) is 0 Å². The second-order valence-electron chi connectivity index (χ2n) is 3.15. The van der Waals surface area contributed by atoms with Gasteiger partial charge in [0.25, 0.3) is 0 Å². The van der Waals surface area contributed by atoms with Crippen LogP contribution in [0, 0.1) is 0 Å². The lowest BCUT2D eigenvalue weighted by molar-refractivity contribution is 0.600. The summed E-state index contributed by atoms with van der Waals surface area (Å²) in [5, 5.41) is 4.08. The molecule has 6 heteroatoms. The molecule has 6 nitrogen and oxygen atoms in total. The van der Waals surface area contributed by atoms with Crippen LogP contribution in [0.2, 0.25) is 0 Å². The predicted molar refractivity (Wildman–Crippen MR) is 54.4 cm³/mol. The van der Waals surface area contributed by atoms with Gasteiger partial charge in [-0.2, -0.15) is 5.10 Å². The first-order valence-corrected chi connectivity index (χ1v) is 4.53. The van der Waals surface area contributed by atoms with Crippen LogP contribution in [0.1, 0.15) is 17.4 Å². The van der Waals surface area contributed by atoms with Gasteiger partial charge in [-0.15, -0.1) is 0 Å². The third kappa shape index (κ3) is 2.00. The Kier molecular flexibility index (Phi) is 2.70. The van der Waals surface area contributed by atoms with Crippen LogP contribution in [0.4, 0.5) is 0 Å². The molecule has 0 aliphatic heterocycles. The van der Waals surface area contributed by atoms with Gasteiger partial charge in [-0.1, -0.05) is 0 Å². The first-order valence-electron chi connectivity index (χ1n) is 4.53. The van der Waals surface area contributed by atoms with Crippen LogP contribution >= 0.6 is 0 Å². The Morgan fingerprint density at radius 1 is 1.40 bits per heavy atom. The number of aromatic nitrogens is 4. The molecule has 15 heavy (non-hydrogen) atoms. The van der Waals surface area contributed by atoms with Gasteiger partial charge >= 0.3 is 0 Å². The van der Waals surface area contributed by atoms with E-state index in [-0.39, 0.29) is 6.04 Å². The fourth-order valence-electron chi connectivity index (χ4n) is 1.37. The average molecular weight is 204 g/mol. The van der Waals surface area contributed by atoms with Crippen molar-refractivity contribution in [1.29, 1.82) is 0 Å². The summed E-state index contributed by atoms with van der Waals surface area (Å²) in [4.78, 5) is 8.29. The van der Waals surface area contributed by atoms with Crippen molar-refractivity contribution in [1.82, 2.24) is 25.2 Å². The maximum absolute atomic E-state index is 5.48. The zero-order chi connectivity index (χ0) is 10.7. The Morgan fingerprint density at radius 2 is 2.13 bits per heavy atom. The molecule has 0 radical (unpaired) electrons. The molecule has 78 valence electrons. The molecule has 0 aromatic carbocycles. The highest BCUT2D eigenvalue weighted by Gasteiger charge is 2.15. The fourth-order valence-corrected chi connectivity index (χ4v) is 1.37. The highest BCUT2D eigenvalue weighted by molar-refractivity contribution is 5.18. The molecular formula is C9H12N6. The summed E-state index contributed by atoms with van der Waals surface area (Å²) in [6.07, 6.45) is 6.98. The highest BCUT2D eigenvalue weighted by atomic mass is 15.3. The van der Waals surface area contributed by atoms with Crippen molar-refractivity contribution in [2.75, 3.05) is 0 Å². The molecule has 0 saturated carbocycles. The molecule has 1 unspecified atom stereocenters. The number of aryl methyl sites for hydroxylation is 1. The van der Waals surface area contributed by atoms with Gasteiger partial charge in [0.2, 0.25) is 0 Å². The van der Waals surface area contributed by atoms with Gasteiger partial charge in [-0.3, -0.25) is 10.5 Å². The highest BCUT2D eigenvalue weighted by Crippen LogP contribution is 2.15. The van der Waals surface area contributed by atoms with Crippen molar-refractivity contribution in [2.24, 2.45) is 12.9 Å². The van der Waals surface area contributed by atoms with Crippen molar-refractivity contribution in [3.63, 3.8) is 0 Å². The molecule has 2 aromatic heterocycles. The minimum absolute atomic E-state index is 0.222. The fraction of sp³-hybridized carbons (Fsp3) is 0.222. The van der Waals surface area contributed by atoms with E-state index in [2.05, 4.69) is 20.5 Å². The second-order valence-corrected chi connectivity index (χ2v) is 3.15. The van der Waals surface area contributed by atoms with Crippen molar-refractivity contribution < 1.29 is 0 Å². The summed E-state index contributed by atoms with van der Waals surface area (Å²) in [6, 6.07) is 1.54. The number of nitrogens with one attached hydrogen (secondary N) is 1. The van der Waals surface area contributed by atoms with E-state index in [0.29, 0.717) is 5.82 Å². The Hall–Kier alpha value is -1.79. The predicted octanol–water partition coefficient (Wildman–Crippen LogP) is -0.237. The van der Waals surface area contributed by atoms with Gasteiger partial charge < -0.3 is 0 Å². The first kappa shape index (κ1) is 9.75. The average Bonchev–Trinajstić information content (AvgIpc) is 2.68. The monoisotopic (exact) mass is 204 g/mol. The van der Waals surface area contributed by atoms with Crippen LogP contribution in [0.25, 0.3) is 0 Å². The number of hydrogen-bond acceptors (Lipinski definition) is 5. The quantitative estimate of drug-likeness (QED) is 0.533. The van der Waals surface area contributed by atoms with Crippen LogP contribution in [0.5, 0.6) is 0 Å². The zero-order valence-electron chi connectivity index (χ0n) is 8.33. The van der Waals surface area contributed by atoms with Crippen LogP contribution in [0.3, 0.4) is 0 Å². The van der Waals surface area contributed by atoms with Gasteiger partial charge in [0.15, 0.2) is 5.82 Å². The first-order chi connectivity index (χ1) is 7.31. The molecule has 0 aliphatic rings. The van der Waals surface area contributed by atoms with Gasteiger partial charge in [0, 0.05) is 31.2 Å². The molecule has 2 aromatic rings. The SMILES string of the molecule is Cn1cc(C(NN)c2ncccn2)cn1. The third-order valence-corrected chi connectivity index (χ3v) is 2.07. The minimum Gasteiger partial charge on any atom is -0.275 e. The second kappa shape index (κ2) is 4.16. The van der Waals surface area contributed by atoms with Gasteiger partial charge in [-0.25, -0.2) is 15.4 Å². The van der Waals surface area contributed by atoms with Crippen molar-refractivity contribution >= 4 is 0 Å². The van der Waals surface area contributed by atoms with E-state index in [9.17, 15) is 0 Å². The van der Waals surface area contributed by atoms with Crippen LogP contribution < -0.4 is 11.3 Å². The van der Waals surface area contributed by atoms with E-state index >= 15 is 0 Å². The molecular weight excluding hydrogens is 192 g/mol. The standard InChI is InChI=1S/C9H12N6/c1-15-6-7(5-13-15)8(14-10)9-11-3-2-4-12-9/h2-6,8,14H,10H2,1H3. The molecule has 0 spiro atoms. The summed E-state index contributed by atoms with van der Waals surface area (Å²) < 4.78 is 1.71. The third-order valence-electron chi connectivity index (χ3n) is 2.07. The summed E-state index contributed by atoms with van der Waals surface area (Å²) >= 11 is 0. The van der Waals surface area contributed by atoms with Crippen molar-refractivity contribution in [3.8, 4) is 0 Å². The Bertz CT molecular complexity index is 423.